The Morgan fingerprint density at radius 3 is 2.32 bits per heavy atom. The van der Waals surface area contributed by atoms with E-state index >= 15 is 0 Å². The Balaban J connectivity index is 1.52. The van der Waals surface area contributed by atoms with Crippen molar-refractivity contribution in [1.29, 1.82) is 0 Å². The highest BCUT2D eigenvalue weighted by Gasteiger charge is 2.28. The van der Waals surface area contributed by atoms with E-state index in [9.17, 15) is 28.1 Å². The SMILES string of the molecule is CCCCc1nn(-c2cc([N+](=O)[O-])ccc2Cl)c(C(=O)OCC)c1Cc1ccc(-c2ccccc2S(=O)(=O)NC(=O)c2ccccc2Cl)cc1. The number of aryl methyl sites for hydroxylation is 1. The molecule has 0 aliphatic rings. The molecule has 1 aromatic heterocycles. The maximum Gasteiger partial charge on any atom is 0.357 e. The summed E-state index contributed by atoms with van der Waals surface area (Å²) in [6.07, 6.45) is 2.40. The third-order valence-electron chi connectivity index (χ3n) is 7.84. The molecule has 0 unspecified atom stereocenters. The van der Waals surface area contributed by atoms with E-state index < -0.39 is 26.8 Å². The van der Waals surface area contributed by atoms with Gasteiger partial charge in [-0.3, -0.25) is 14.9 Å². The monoisotopic (exact) mass is 734 g/mol. The number of nitro benzene ring substituents is 1. The average molecular weight is 736 g/mol. The number of rotatable bonds is 13. The molecule has 4 aromatic carbocycles. The van der Waals surface area contributed by atoms with Gasteiger partial charge in [0, 0.05) is 29.7 Å². The van der Waals surface area contributed by atoms with Gasteiger partial charge in [0.25, 0.3) is 21.6 Å². The summed E-state index contributed by atoms with van der Waals surface area (Å²) in [5.74, 6) is -1.51. The largest absolute Gasteiger partial charge is 0.461 e. The van der Waals surface area contributed by atoms with Gasteiger partial charge in [0.05, 0.1) is 43.4 Å². The van der Waals surface area contributed by atoms with Gasteiger partial charge in [-0.05, 0) is 55.2 Å². The van der Waals surface area contributed by atoms with Gasteiger partial charge in [-0.2, -0.15) is 5.10 Å². The number of carbonyl (C=O) groups excluding carboxylic acids is 2. The van der Waals surface area contributed by atoms with Crippen molar-refractivity contribution in [1.82, 2.24) is 14.5 Å². The maximum atomic E-state index is 13.5. The molecule has 0 aliphatic carbocycles. The molecule has 0 saturated heterocycles. The summed E-state index contributed by atoms with van der Waals surface area (Å²) in [4.78, 5) is 37.2. The van der Waals surface area contributed by atoms with Crippen LogP contribution in [0.2, 0.25) is 10.0 Å². The number of benzene rings is 4. The number of nitrogens with zero attached hydrogens (tertiary/aromatic N) is 3. The summed E-state index contributed by atoms with van der Waals surface area (Å²) in [7, 11) is -4.31. The molecular formula is C36H32Cl2N4O7S. The topological polar surface area (TPSA) is 150 Å². The van der Waals surface area contributed by atoms with Crippen LogP contribution in [0.1, 0.15) is 64.4 Å². The van der Waals surface area contributed by atoms with E-state index in [1.807, 2.05) is 6.92 Å². The first-order valence-electron chi connectivity index (χ1n) is 15.7. The number of aromatic nitrogens is 2. The summed E-state index contributed by atoms with van der Waals surface area (Å²) in [5, 5.41) is 16.6. The standard InChI is InChI=1S/C36H32Cl2N4O7S/c1-3-5-13-31-28(34(36(44)49-4-2)41(39-31)32-22-25(42(45)46)19-20-30(32)38)21-23-15-17-24(18-16-23)26-10-7-9-14-33(26)50(47,48)40-35(43)27-11-6-8-12-29(27)37/h6-12,14-20,22H,3-5,13,21H2,1-2H3,(H,40,43). The highest BCUT2D eigenvalue weighted by atomic mass is 35.5. The maximum absolute atomic E-state index is 13.5. The van der Waals surface area contributed by atoms with E-state index in [4.69, 9.17) is 33.0 Å². The van der Waals surface area contributed by atoms with Crippen molar-refractivity contribution >= 4 is 50.8 Å². The van der Waals surface area contributed by atoms with Crippen LogP contribution >= 0.6 is 23.2 Å². The van der Waals surface area contributed by atoms with E-state index in [0.717, 1.165) is 18.4 Å². The molecule has 0 aliphatic heterocycles. The summed E-state index contributed by atoms with van der Waals surface area (Å²) >= 11 is 12.6. The molecule has 258 valence electrons. The number of nitrogens with one attached hydrogen (secondary N) is 1. The fourth-order valence-corrected chi connectivity index (χ4v) is 7.03. The van der Waals surface area contributed by atoms with Gasteiger partial charge in [0.1, 0.15) is 0 Å². The van der Waals surface area contributed by atoms with E-state index in [-0.39, 0.29) is 50.6 Å². The summed E-state index contributed by atoms with van der Waals surface area (Å²) in [6.45, 7) is 3.79. The van der Waals surface area contributed by atoms with Gasteiger partial charge < -0.3 is 4.74 Å². The molecule has 0 saturated carbocycles. The Morgan fingerprint density at radius 2 is 1.64 bits per heavy atom. The molecule has 0 atom stereocenters. The lowest BCUT2D eigenvalue weighted by Crippen LogP contribution is -2.31. The summed E-state index contributed by atoms with van der Waals surface area (Å²) in [5.41, 5.74) is 2.99. The first kappa shape index (κ1) is 36.2. The predicted octanol–water partition coefficient (Wildman–Crippen LogP) is 7.98. The van der Waals surface area contributed by atoms with Gasteiger partial charge in [-0.1, -0.05) is 91.1 Å². The minimum atomic E-state index is -4.31. The van der Waals surface area contributed by atoms with E-state index in [0.29, 0.717) is 28.8 Å². The fourth-order valence-electron chi connectivity index (χ4n) is 5.41. The lowest BCUT2D eigenvalue weighted by atomic mass is 9.97. The second-order valence-corrected chi connectivity index (χ2v) is 13.7. The Kier molecular flexibility index (Phi) is 11.4. The van der Waals surface area contributed by atoms with E-state index in [2.05, 4.69) is 4.72 Å². The lowest BCUT2D eigenvalue weighted by molar-refractivity contribution is -0.384. The van der Waals surface area contributed by atoms with Crippen LogP contribution in [-0.4, -0.2) is 41.6 Å². The first-order chi connectivity index (χ1) is 23.9. The van der Waals surface area contributed by atoms with Crippen molar-refractivity contribution in [2.24, 2.45) is 0 Å². The number of sulfonamides is 1. The molecule has 11 nitrogen and oxygen atoms in total. The molecule has 0 radical (unpaired) electrons. The van der Waals surface area contributed by atoms with Crippen LogP contribution in [0.4, 0.5) is 5.69 Å². The van der Waals surface area contributed by atoms with Crippen LogP contribution in [0.5, 0.6) is 0 Å². The second kappa shape index (κ2) is 15.7. The van der Waals surface area contributed by atoms with Crippen LogP contribution in [0.15, 0.2) is 95.9 Å². The quantitative estimate of drug-likeness (QED) is 0.0727. The van der Waals surface area contributed by atoms with Crippen molar-refractivity contribution < 1.29 is 27.7 Å². The number of hydrogen-bond acceptors (Lipinski definition) is 8. The van der Waals surface area contributed by atoms with Gasteiger partial charge >= 0.3 is 5.97 Å². The van der Waals surface area contributed by atoms with Crippen LogP contribution in [0.3, 0.4) is 0 Å². The number of halogens is 2. The van der Waals surface area contributed by atoms with Crippen LogP contribution in [0, 0.1) is 10.1 Å². The molecule has 0 fully saturated rings. The number of ether oxygens (including phenoxy) is 1. The van der Waals surface area contributed by atoms with Gasteiger partial charge in [0.15, 0.2) is 5.69 Å². The first-order valence-corrected chi connectivity index (χ1v) is 17.9. The predicted molar refractivity (Wildman–Crippen MR) is 191 cm³/mol. The van der Waals surface area contributed by atoms with Crippen molar-refractivity contribution in [3.63, 3.8) is 0 Å². The molecule has 50 heavy (non-hydrogen) atoms. The van der Waals surface area contributed by atoms with Crippen LogP contribution < -0.4 is 4.72 Å². The smallest absolute Gasteiger partial charge is 0.357 e. The third-order valence-corrected chi connectivity index (χ3v) is 9.88. The average Bonchev–Trinajstić information content (AvgIpc) is 3.45. The molecule has 0 bridgehead atoms. The Morgan fingerprint density at radius 1 is 0.940 bits per heavy atom. The number of nitro groups is 1. The Labute approximate surface area is 299 Å². The minimum absolute atomic E-state index is 0.0242. The number of esters is 1. The summed E-state index contributed by atoms with van der Waals surface area (Å²) < 4.78 is 35.7. The van der Waals surface area contributed by atoms with E-state index in [1.165, 1.54) is 41.1 Å². The van der Waals surface area contributed by atoms with Crippen molar-refractivity contribution in [3.8, 4) is 16.8 Å². The number of hydrogen-bond donors (Lipinski definition) is 1. The minimum Gasteiger partial charge on any atom is -0.461 e. The van der Waals surface area contributed by atoms with Crippen molar-refractivity contribution in [2.45, 2.75) is 44.4 Å². The number of amides is 1. The Hall–Kier alpha value is -5.04. The van der Waals surface area contributed by atoms with Crippen LogP contribution in [0.25, 0.3) is 16.8 Å². The number of unbranched alkanes of at least 4 members (excludes halogenated alkanes) is 1. The highest BCUT2D eigenvalue weighted by molar-refractivity contribution is 7.90. The van der Waals surface area contributed by atoms with Gasteiger partial charge in [-0.25, -0.2) is 22.6 Å². The van der Waals surface area contributed by atoms with Gasteiger partial charge in [-0.15, -0.1) is 0 Å². The molecule has 1 heterocycles. The lowest BCUT2D eigenvalue weighted by Gasteiger charge is -2.13. The van der Waals surface area contributed by atoms with Crippen LogP contribution in [-0.2, 0) is 27.6 Å². The zero-order valence-electron chi connectivity index (χ0n) is 27.1. The molecule has 1 N–H and O–H groups in total. The second-order valence-electron chi connectivity index (χ2n) is 11.2. The molecule has 1 amide bonds. The Bertz CT molecular complexity index is 2190. The molecule has 5 rings (SSSR count). The highest BCUT2D eigenvalue weighted by Crippen LogP contribution is 2.32. The molecule has 5 aromatic rings. The normalized spacial score (nSPS) is 11.3. The zero-order valence-corrected chi connectivity index (χ0v) is 29.4. The van der Waals surface area contributed by atoms with Crippen molar-refractivity contribution in [3.05, 3.63) is 139 Å². The molecule has 14 heteroatoms. The molecule has 0 spiro atoms. The number of non-ortho nitro benzene ring substituents is 1. The third kappa shape index (κ3) is 7.88. The summed E-state index contributed by atoms with van der Waals surface area (Å²) in [6, 6.07) is 23.5. The number of carbonyl (C=O) groups is 2. The fraction of sp³-hybridized carbons (Fsp3) is 0.194. The van der Waals surface area contributed by atoms with Gasteiger partial charge in [0.2, 0.25) is 0 Å². The van der Waals surface area contributed by atoms with Crippen molar-refractivity contribution in [2.75, 3.05) is 6.61 Å². The zero-order chi connectivity index (χ0) is 36.0. The van der Waals surface area contributed by atoms with E-state index in [1.54, 1.807) is 61.5 Å². The molecular weight excluding hydrogens is 703 g/mol.